The van der Waals surface area contributed by atoms with Crippen LogP contribution in [0.25, 0.3) is 0 Å². The van der Waals surface area contributed by atoms with Gasteiger partial charge in [0.2, 0.25) is 5.91 Å². The van der Waals surface area contributed by atoms with Crippen LogP contribution in [-0.4, -0.2) is 48.5 Å². The van der Waals surface area contributed by atoms with E-state index < -0.39 is 6.10 Å². The van der Waals surface area contributed by atoms with Crippen molar-refractivity contribution in [1.82, 2.24) is 5.06 Å². The zero-order valence-corrected chi connectivity index (χ0v) is 7.76. The summed E-state index contributed by atoms with van der Waals surface area (Å²) in [6.07, 6.45) is -0.520. The standard InChI is InChI=1S/C9H13NO4/c11-5-1-10(14-2-5)9(12)8-6-3-13-4-7(6)8/h5-8,11H,1-4H2/t5-,6?,7?,8?/m1/s1. The SMILES string of the molecule is O=C(C1C2COCC21)N1C[C@@H](O)CO1. The van der Waals surface area contributed by atoms with E-state index in [1.807, 2.05) is 0 Å². The van der Waals surface area contributed by atoms with Gasteiger partial charge in [0.05, 0.1) is 31.8 Å². The molecule has 14 heavy (non-hydrogen) atoms. The molecule has 3 rings (SSSR count). The molecule has 1 saturated carbocycles. The molecule has 0 aromatic heterocycles. The first kappa shape index (κ1) is 8.64. The number of β-amino-alcohol motifs (C(OH)–C–C–N with tert-alkyl or cyclic N) is 1. The summed E-state index contributed by atoms with van der Waals surface area (Å²) in [5, 5.41) is 10.5. The Hall–Kier alpha value is -0.650. The second kappa shape index (κ2) is 2.92. The van der Waals surface area contributed by atoms with Crippen LogP contribution in [0.3, 0.4) is 0 Å². The van der Waals surface area contributed by atoms with Gasteiger partial charge in [-0.2, -0.15) is 0 Å². The molecule has 2 unspecified atom stereocenters. The Labute approximate surface area is 81.5 Å². The lowest BCUT2D eigenvalue weighted by Crippen LogP contribution is -2.31. The number of rotatable bonds is 1. The van der Waals surface area contributed by atoms with Crippen molar-refractivity contribution in [3.05, 3.63) is 0 Å². The topological polar surface area (TPSA) is 59.0 Å². The predicted octanol–water partition coefficient (Wildman–Crippen LogP) is -0.987. The van der Waals surface area contributed by atoms with Crippen LogP contribution in [0, 0.1) is 17.8 Å². The molecule has 2 heterocycles. The van der Waals surface area contributed by atoms with Gasteiger partial charge in [0.25, 0.3) is 0 Å². The number of nitrogens with zero attached hydrogens (tertiary/aromatic N) is 1. The van der Waals surface area contributed by atoms with Crippen LogP contribution < -0.4 is 0 Å². The van der Waals surface area contributed by atoms with Crippen molar-refractivity contribution in [1.29, 1.82) is 0 Å². The third kappa shape index (κ3) is 1.16. The van der Waals surface area contributed by atoms with Crippen molar-refractivity contribution in [2.75, 3.05) is 26.4 Å². The average Bonchev–Trinajstić information content (AvgIpc) is 2.56. The quantitative estimate of drug-likeness (QED) is 0.589. The third-order valence-electron chi connectivity index (χ3n) is 3.28. The summed E-state index contributed by atoms with van der Waals surface area (Å²) < 4.78 is 5.21. The normalized spacial score (nSPS) is 45.4. The summed E-state index contributed by atoms with van der Waals surface area (Å²) in [4.78, 5) is 16.9. The lowest BCUT2D eigenvalue weighted by Gasteiger charge is -2.14. The van der Waals surface area contributed by atoms with Crippen LogP contribution >= 0.6 is 0 Å². The summed E-state index contributed by atoms with van der Waals surface area (Å²) in [6.45, 7) is 1.97. The first-order valence-corrected chi connectivity index (χ1v) is 4.97. The van der Waals surface area contributed by atoms with Crippen molar-refractivity contribution >= 4 is 5.91 Å². The highest BCUT2D eigenvalue weighted by atomic mass is 16.7. The van der Waals surface area contributed by atoms with Crippen molar-refractivity contribution in [2.45, 2.75) is 6.10 Å². The van der Waals surface area contributed by atoms with Gasteiger partial charge in [-0.3, -0.25) is 9.63 Å². The van der Waals surface area contributed by atoms with Gasteiger partial charge in [0, 0.05) is 11.8 Å². The van der Waals surface area contributed by atoms with E-state index in [2.05, 4.69) is 0 Å². The van der Waals surface area contributed by atoms with Gasteiger partial charge in [-0.15, -0.1) is 0 Å². The molecule has 0 bridgehead atoms. The maximum atomic E-state index is 11.8. The number of hydroxylamine groups is 2. The number of aliphatic hydroxyl groups is 1. The van der Waals surface area contributed by atoms with Crippen LogP contribution in [0.15, 0.2) is 0 Å². The fraction of sp³-hybridized carbons (Fsp3) is 0.889. The van der Waals surface area contributed by atoms with Gasteiger partial charge in [-0.25, -0.2) is 5.06 Å². The molecule has 1 amide bonds. The first-order chi connectivity index (χ1) is 6.77. The van der Waals surface area contributed by atoms with Crippen LogP contribution in [0.2, 0.25) is 0 Å². The van der Waals surface area contributed by atoms with E-state index in [4.69, 9.17) is 9.57 Å². The highest BCUT2D eigenvalue weighted by Gasteiger charge is 2.59. The lowest BCUT2D eigenvalue weighted by molar-refractivity contribution is -0.171. The largest absolute Gasteiger partial charge is 0.389 e. The number of carbonyl (C=O) groups is 1. The number of aliphatic hydroxyl groups excluding tert-OH is 1. The monoisotopic (exact) mass is 199 g/mol. The molecular weight excluding hydrogens is 186 g/mol. The Morgan fingerprint density at radius 2 is 2.00 bits per heavy atom. The van der Waals surface area contributed by atoms with Gasteiger partial charge in [-0.05, 0) is 0 Å². The number of ether oxygens (including phenoxy) is 1. The fourth-order valence-corrected chi connectivity index (χ4v) is 2.40. The summed E-state index contributed by atoms with van der Waals surface area (Å²) in [5.74, 6) is 0.932. The van der Waals surface area contributed by atoms with E-state index >= 15 is 0 Å². The molecule has 5 heteroatoms. The van der Waals surface area contributed by atoms with E-state index in [1.165, 1.54) is 5.06 Å². The highest BCUT2D eigenvalue weighted by Crippen LogP contribution is 2.51. The molecule has 3 atom stereocenters. The molecule has 5 nitrogen and oxygen atoms in total. The molecular formula is C9H13NO4. The van der Waals surface area contributed by atoms with Gasteiger partial charge < -0.3 is 9.84 Å². The van der Waals surface area contributed by atoms with Crippen LogP contribution in [-0.2, 0) is 14.4 Å². The van der Waals surface area contributed by atoms with Crippen molar-refractivity contribution in [3.63, 3.8) is 0 Å². The molecule has 3 aliphatic rings. The minimum Gasteiger partial charge on any atom is -0.389 e. The highest BCUT2D eigenvalue weighted by molar-refractivity contribution is 5.81. The Morgan fingerprint density at radius 1 is 1.29 bits per heavy atom. The van der Waals surface area contributed by atoms with E-state index in [0.29, 0.717) is 31.6 Å². The van der Waals surface area contributed by atoms with E-state index in [-0.39, 0.29) is 18.4 Å². The number of carbonyl (C=O) groups excluding carboxylic acids is 1. The number of fused-ring (bicyclic) bond motifs is 1. The van der Waals surface area contributed by atoms with E-state index in [9.17, 15) is 9.90 Å². The van der Waals surface area contributed by atoms with Crippen LogP contribution in [0.1, 0.15) is 0 Å². The van der Waals surface area contributed by atoms with Crippen molar-refractivity contribution in [3.8, 4) is 0 Å². The molecule has 2 saturated heterocycles. The molecule has 0 aromatic rings. The average molecular weight is 199 g/mol. The minimum atomic E-state index is -0.520. The lowest BCUT2D eigenvalue weighted by atomic mass is 10.3. The minimum absolute atomic E-state index is 0.0276. The second-order valence-electron chi connectivity index (χ2n) is 4.24. The summed E-state index contributed by atoms with van der Waals surface area (Å²) in [5.41, 5.74) is 0. The molecule has 3 fully saturated rings. The fourth-order valence-electron chi connectivity index (χ4n) is 2.40. The van der Waals surface area contributed by atoms with Crippen LogP contribution in [0.4, 0.5) is 0 Å². The Balaban J connectivity index is 1.61. The van der Waals surface area contributed by atoms with Gasteiger partial charge in [0.1, 0.15) is 6.61 Å². The summed E-state index contributed by atoms with van der Waals surface area (Å²) >= 11 is 0. The molecule has 0 spiro atoms. The van der Waals surface area contributed by atoms with E-state index in [1.54, 1.807) is 0 Å². The Kier molecular flexibility index (Phi) is 1.80. The number of amides is 1. The van der Waals surface area contributed by atoms with Crippen LogP contribution in [0.5, 0.6) is 0 Å². The van der Waals surface area contributed by atoms with E-state index in [0.717, 1.165) is 0 Å². The first-order valence-electron chi connectivity index (χ1n) is 4.97. The maximum absolute atomic E-state index is 11.8. The second-order valence-corrected chi connectivity index (χ2v) is 4.24. The zero-order valence-electron chi connectivity index (χ0n) is 7.76. The van der Waals surface area contributed by atoms with Gasteiger partial charge in [0.15, 0.2) is 0 Å². The number of hydrogen-bond donors (Lipinski definition) is 1. The number of hydrogen-bond acceptors (Lipinski definition) is 4. The Morgan fingerprint density at radius 3 is 2.57 bits per heavy atom. The smallest absolute Gasteiger partial charge is 0.250 e. The summed E-state index contributed by atoms with van der Waals surface area (Å²) in [6, 6.07) is 0. The Bertz CT molecular complexity index is 256. The third-order valence-corrected chi connectivity index (χ3v) is 3.28. The molecule has 0 aromatic carbocycles. The maximum Gasteiger partial charge on any atom is 0.250 e. The zero-order chi connectivity index (χ0) is 9.71. The molecule has 0 radical (unpaired) electrons. The van der Waals surface area contributed by atoms with Crippen molar-refractivity contribution < 1.29 is 19.5 Å². The molecule has 1 N–H and O–H groups in total. The van der Waals surface area contributed by atoms with Gasteiger partial charge >= 0.3 is 0 Å². The predicted molar refractivity (Wildman–Crippen MR) is 45.0 cm³/mol. The van der Waals surface area contributed by atoms with Gasteiger partial charge in [-0.1, -0.05) is 0 Å². The van der Waals surface area contributed by atoms with Crippen molar-refractivity contribution in [2.24, 2.45) is 17.8 Å². The molecule has 2 aliphatic heterocycles. The summed E-state index contributed by atoms with van der Waals surface area (Å²) in [7, 11) is 0. The molecule has 1 aliphatic carbocycles. The molecule has 78 valence electrons.